The summed E-state index contributed by atoms with van der Waals surface area (Å²) in [5, 5.41) is 8.99. The molecule has 0 unspecified atom stereocenters. The molecule has 0 aliphatic carbocycles. The summed E-state index contributed by atoms with van der Waals surface area (Å²) < 4.78 is 70.2. The number of amides is 1. The normalized spacial score (nSPS) is 11.6. The lowest BCUT2D eigenvalue weighted by molar-refractivity contribution is -0.137. The average Bonchev–Trinajstić information content (AvgIpc) is 2.59. The van der Waals surface area contributed by atoms with E-state index in [0.29, 0.717) is 6.07 Å². The Kier molecular flexibility index (Phi) is 5.67. The van der Waals surface area contributed by atoms with Gasteiger partial charge in [0.1, 0.15) is 5.75 Å². The van der Waals surface area contributed by atoms with Crippen LogP contribution in [0, 0.1) is 11.3 Å². The van der Waals surface area contributed by atoms with Crippen molar-refractivity contribution >= 4 is 27.5 Å². The Labute approximate surface area is 157 Å². The van der Waals surface area contributed by atoms with Crippen LogP contribution in [0.25, 0.3) is 0 Å². The highest BCUT2D eigenvalue weighted by Crippen LogP contribution is 2.33. The molecular formula is C16H10ClF3N2O4S. The van der Waals surface area contributed by atoms with Crippen molar-refractivity contribution in [3.05, 3.63) is 58.1 Å². The number of hydrogen-bond donors (Lipinski definition) is 1. The van der Waals surface area contributed by atoms with Crippen LogP contribution in [-0.4, -0.2) is 21.4 Å². The van der Waals surface area contributed by atoms with Crippen molar-refractivity contribution in [2.24, 2.45) is 0 Å². The van der Waals surface area contributed by atoms with Crippen LogP contribution in [0.2, 0.25) is 5.02 Å². The number of carbonyl (C=O) groups excluding carboxylic acids is 1. The zero-order valence-corrected chi connectivity index (χ0v) is 15.0. The van der Waals surface area contributed by atoms with Crippen LogP contribution in [-0.2, 0) is 16.2 Å². The molecule has 142 valence electrons. The van der Waals surface area contributed by atoms with Crippen LogP contribution in [0.5, 0.6) is 5.75 Å². The molecule has 0 aliphatic heterocycles. The van der Waals surface area contributed by atoms with E-state index >= 15 is 0 Å². The first kappa shape index (κ1) is 20.5. The van der Waals surface area contributed by atoms with Crippen LogP contribution in [0.1, 0.15) is 21.5 Å². The Morgan fingerprint density at radius 3 is 2.44 bits per heavy atom. The predicted octanol–water partition coefficient (Wildman–Crippen LogP) is 3.36. The molecule has 0 saturated carbocycles. The molecule has 0 fully saturated rings. The molecule has 0 saturated heterocycles. The number of nitrogens with zero attached hydrogens (tertiary/aromatic N) is 1. The van der Waals surface area contributed by atoms with Crippen molar-refractivity contribution in [2.45, 2.75) is 11.1 Å². The summed E-state index contributed by atoms with van der Waals surface area (Å²) in [5.74, 6) is -1.15. The summed E-state index contributed by atoms with van der Waals surface area (Å²) in [6.45, 7) is 0. The summed E-state index contributed by atoms with van der Waals surface area (Å²) in [4.78, 5) is 11.4. The number of nitriles is 1. The summed E-state index contributed by atoms with van der Waals surface area (Å²) in [6, 6.07) is 6.91. The smallest absolute Gasteiger partial charge is 0.417 e. The highest BCUT2D eigenvalue weighted by atomic mass is 35.5. The summed E-state index contributed by atoms with van der Waals surface area (Å²) in [7, 11) is -3.42. The number of rotatable bonds is 4. The molecular weight excluding hydrogens is 409 g/mol. The number of alkyl halides is 3. The molecule has 2 aromatic carbocycles. The number of benzene rings is 2. The van der Waals surface area contributed by atoms with Crippen molar-refractivity contribution in [3.63, 3.8) is 0 Å². The number of carbonyl (C=O) groups is 1. The predicted molar refractivity (Wildman–Crippen MR) is 88.8 cm³/mol. The lowest BCUT2D eigenvalue weighted by Gasteiger charge is -2.13. The first-order valence-corrected chi connectivity index (χ1v) is 8.87. The Morgan fingerprint density at radius 2 is 1.89 bits per heavy atom. The van der Waals surface area contributed by atoms with Gasteiger partial charge < -0.3 is 4.74 Å². The number of halogens is 4. The number of nitrogens with one attached hydrogen (secondary N) is 1. The Bertz CT molecular complexity index is 1050. The molecule has 0 aliphatic rings. The Balaban J connectivity index is 2.43. The van der Waals surface area contributed by atoms with Gasteiger partial charge in [0.15, 0.2) is 0 Å². The van der Waals surface area contributed by atoms with Gasteiger partial charge in [0.2, 0.25) is 0 Å². The largest absolute Gasteiger partial charge is 0.496 e. The lowest BCUT2D eigenvalue weighted by Crippen LogP contribution is -2.31. The Morgan fingerprint density at radius 1 is 1.22 bits per heavy atom. The number of sulfonamides is 1. The van der Waals surface area contributed by atoms with E-state index in [0.717, 1.165) is 6.07 Å². The fourth-order valence-electron chi connectivity index (χ4n) is 2.11. The van der Waals surface area contributed by atoms with Crippen LogP contribution in [0.4, 0.5) is 13.2 Å². The summed E-state index contributed by atoms with van der Waals surface area (Å²) in [6.07, 6.45) is -4.94. The van der Waals surface area contributed by atoms with Gasteiger partial charge in [-0.25, -0.2) is 13.1 Å². The molecule has 2 aromatic rings. The minimum Gasteiger partial charge on any atom is -0.496 e. The first-order chi connectivity index (χ1) is 12.5. The third kappa shape index (κ3) is 4.50. The quantitative estimate of drug-likeness (QED) is 0.821. The minimum absolute atomic E-state index is 0.0222. The maximum absolute atomic E-state index is 13.0. The van der Waals surface area contributed by atoms with E-state index in [9.17, 15) is 26.4 Å². The van der Waals surface area contributed by atoms with Crippen LogP contribution >= 0.6 is 11.6 Å². The molecule has 11 heteroatoms. The molecule has 1 N–H and O–H groups in total. The van der Waals surface area contributed by atoms with Gasteiger partial charge in [0.05, 0.1) is 34.8 Å². The van der Waals surface area contributed by atoms with Crippen molar-refractivity contribution in [1.29, 1.82) is 5.26 Å². The van der Waals surface area contributed by atoms with E-state index in [2.05, 4.69) is 0 Å². The highest BCUT2D eigenvalue weighted by molar-refractivity contribution is 7.90. The molecule has 0 aromatic heterocycles. The van der Waals surface area contributed by atoms with Gasteiger partial charge in [0.25, 0.3) is 15.9 Å². The highest BCUT2D eigenvalue weighted by Gasteiger charge is 2.35. The van der Waals surface area contributed by atoms with Gasteiger partial charge in [-0.3, -0.25) is 4.79 Å². The van der Waals surface area contributed by atoms with Gasteiger partial charge in [-0.1, -0.05) is 11.6 Å². The average molecular weight is 419 g/mol. The van der Waals surface area contributed by atoms with Gasteiger partial charge in [-0.2, -0.15) is 18.4 Å². The second kappa shape index (κ2) is 7.46. The molecule has 0 heterocycles. The topological polar surface area (TPSA) is 96.3 Å². The first-order valence-electron chi connectivity index (χ1n) is 7.01. The van der Waals surface area contributed by atoms with Crippen molar-refractivity contribution in [3.8, 4) is 11.8 Å². The third-order valence-electron chi connectivity index (χ3n) is 3.36. The standard InChI is InChI=1S/C16H10ClF3N2O4S/c1-26-14-6-10(17)3-5-12(14)15(23)22-27(24,25)11-4-2-9(8-21)13(7-11)16(18,19)20/h2-7H,1H3,(H,22,23). The molecule has 0 spiro atoms. The summed E-state index contributed by atoms with van der Waals surface area (Å²) in [5.41, 5.74) is -2.35. The van der Waals surface area contributed by atoms with E-state index in [1.165, 1.54) is 31.4 Å². The zero-order valence-electron chi connectivity index (χ0n) is 13.5. The van der Waals surface area contributed by atoms with Crippen molar-refractivity contribution in [1.82, 2.24) is 4.72 Å². The van der Waals surface area contributed by atoms with Crippen molar-refractivity contribution < 1.29 is 31.1 Å². The van der Waals surface area contributed by atoms with Gasteiger partial charge in [-0.15, -0.1) is 0 Å². The number of hydrogen-bond acceptors (Lipinski definition) is 5. The van der Waals surface area contributed by atoms with Gasteiger partial charge in [0, 0.05) is 5.02 Å². The van der Waals surface area contributed by atoms with E-state index in [4.69, 9.17) is 21.6 Å². The molecule has 0 radical (unpaired) electrons. The van der Waals surface area contributed by atoms with E-state index in [1.807, 2.05) is 0 Å². The van der Waals surface area contributed by atoms with E-state index < -0.39 is 38.1 Å². The fraction of sp³-hybridized carbons (Fsp3) is 0.125. The minimum atomic E-state index is -4.94. The van der Waals surface area contributed by atoms with Crippen LogP contribution in [0.3, 0.4) is 0 Å². The monoisotopic (exact) mass is 418 g/mol. The van der Waals surface area contributed by atoms with E-state index in [-0.39, 0.29) is 22.4 Å². The molecule has 27 heavy (non-hydrogen) atoms. The second-order valence-electron chi connectivity index (χ2n) is 5.10. The fourth-order valence-corrected chi connectivity index (χ4v) is 3.27. The van der Waals surface area contributed by atoms with Crippen molar-refractivity contribution in [2.75, 3.05) is 7.11 Å². The molecule has 6 nitrogen and oxygen atoms in total. The van der Waals surface area contributed by atoms with Crippen LogP contribution in [0.15, 0.2) is 41.3 Å². The van der Waals surface area contributed by atoms with Crippen LogP contribution < -0.4 is 9.46 Å². The maximum atomic E-state index is 13.0. The summed E-state index contributed by atoms with van der Waals surface area (Å²) >= 11 is 5.76. The van der Waals surface area contributed by atoms with Gasteiger partial charge in [-0.05, 0) is 36.4 Å². The lowest BCUT2D eigenvalue weighted by atomic mass is 10.1. The van der Waals surface area contributed by atoms with Gasteiger partial charge >= 0.3 is 6.18 Å². The SMILES string of the molecule is COc1cc(Cl)ccc1C(=O)NS(=O)(=O)c1ccc(C#N)c(C(F)(F)F)c1. The molecule has 0 atom stereocenters. The molecule has 2 rings (SSSR count). The third-order valence-corrected chi connectivity index (χ3v) is 4.93. The maximum Gasteiger partial charge on any atom is 0.417 e. The molecule has 0 bridgehead atoms. The Hall–Kier alpha value is -2.77. The second-order valence-corrected chi connectivity index (χ2v) is 7.22. The van der Waals surface area contributed by atoms with E-state index in [1.54, 1.807) is 4.72 Å². The number of methoxy groups -OCH3 is 1. The number of ether oxygens (including phenoxy) is 1. The zero-order chi connectivity index (χ0) is 20.4. The molecule has 1 amide bonds.